The van der Waals surface area contributed by atoms with E-state index in [1.165, 1.54) is 35.2 Å². The fourth-order valence-corrected chi connectivity index (χ4v) is 3.16. The van der Waals surface area contributed by atoms with E-state index in [9.17, 15) is 18.0 Å². The van der Waals surface area contributed by atoms with Gasteiger partial charge in [0.1, 0.15) is 6.54 Å². The molecule has 7 nitrogen and oxygen atoms in total. The van der Waals surface area contributed by atoms with Gasteiger partial charge in [-0.1, -0.05) is 12.1 Å². The van der Waals surface area contributed by atoms with Crippen LogP contribution in [0, 0.1) is 0 Å². The summed E-state index contributed by atoms with van der Waals surface area (Å²) in [4.78, 5) is 24.6. The van der Waals surface area contributed by atoms with E-state index in [0.717, 1.165) is 12.8 Å². The quantitative estimate of drug-likeness (QED) is 0.684. The minimum atomic E-state index is -3.74. The van der Waals surface area contributed by atoms with Crippen LogP contribution < -0.4 is 4.72 Å². The van der Waals surface area contributed by atoms with Gasteiger partial charge >= 0.3 is 5.97 Å². The molecule has 1 amide bonds. The molecule has 1 aliphatic carbocycles. The summed E-state index contributed by atoms with van der Waals surface area (Å²) >= 11 is 0. The van der Waals surface area contributed by atoms with Gasteiger partial charge in [0.15, 0.2) is 0 Å². The smallest absolute Gasteiger partial charge is 0.323 e. The van der Waals surface area contributed by atoms with Gasteiger partial charge < -0.3 is 10.0 Å². The fourth-order valence-electron chi connectivity index (χ4n) is 2.11. The van der Waals surface area contributed by atoms with E-state index in [1.807, 2.05) is 0 Å². The topological polar surface area (TPSA) is 104 Å². The number of sulfonamides is 1. The molecule has 0 radical (unpaired) electrons. The first-order valence-electron chi connectivity index (χ1n) is 7.08. The predicted octanol–water partition coefficient (Wildman–Crippen LogP) is 0.840. The highest BCUT2D eigenvalue weighted by Gasteiger charge is 2.34. The molecule has 0 aromatic heterocycles. The van der Waals surface area contributed by atoms with Crippen LogP contribution in [-0.4, -0.2) is 49.4 Å². The van der Waals surface area contributed by atoms with E-state index in [4.69, 9.17) is 5.11 Å². The molecular weight excluding hydrogens is 320 g/mol. The number of nitrogens with zero attached hydrogens (tertiary/aromatic N) is 1. The van der Waals surface area contributed by atoms with Gasteiger partial charge in [-0.05, 0) is 31.0 Å². The Balaban J connectivity index is 2.26. The highest BCUT2D eigenvalue weighted by molar-refractivity contribution is 7.89. The highest BCUT2D eigenvalue weighted by atomic mass is 32.2. The van der Waals surface area contributed by atoms with Gasteiger partial charge in [-0.25, -0.2) is 13.1 Å². The molecule has 0 spiro atoms. The summed E-state index contributed by atoms with van der Waals surface area (Å²) in [7, 11) is -3.74. The first-order chi connectivity index (χ1) is 10.8. The van der Waals surface area contributed by atoms with Crippen LogP contribution in [0.3, 0.4) is 0 Å². The molecule has 1 saturated carbocycles. The van der Waals surface area contributed by atoms with Crippen molar-refractivity contribution in [1.29, 1.82) is 0 Å². The van der Waals surface area contributed by atoms with E-state index in [1.54, 1.807) is 0 Å². The number of hydrogen-bond acceptors (Lipinski definition) is 4. The summed E-state index contributed by atoms with van der Waals surface area (Å²) in [5.41, 5.74) is 0.152. The maximum absolute atomic E-state index is 12.5. The fraction of sp³-hybridized carbons (Fsp3) is 0.333. The molecule has 0 heterocycles. The molecule has 2 rings (SSSR count). The molecule has 23 heavy (non-hydrogen) atoms. The van der Waals surface area contributed by atoms with E-state index in [-0.39, 0.29) is 23.0 Å². The zero-order valence-corrected chi connectivity index (χ0v) is 13.3. The number of benzene rings is 1. The number of carboxylic acids is 1. The number of carbonyl (C=O) groups excluding carboxylic acids is 1. The first kappa shape index (κ1) is 17.2. The molecular formula is C15H18N2O5S. The zero-order chi connectivity index (χ0) is 17.0. The second-order valence-electron chi connectivity index (χ2n) is 5.23. The molecule has 0 unspecified atom stereocenters. The SMILES string of the molecule is C=CCNS(=O)(=O)c1cccc(C(=O)N(CC(=O)O)C2CC2)c1. The largest absolute Gasteiger partial charge is 0.480 e. The van der Waals surface area contributed by atoms with E-state index < -0.39 is 28.4 Å². The Kier molecular flexibility index (Phi) is 5.17. The van der Waals surface area contributed by atoms with Crippen molar-refractivity contribution in [3.8, 4) is 0 Å². The molecule has 0 saturated heterocycles. The second-order valence-corrected chi connectivity index (χ2v) is 6.99. The van der Waals surface area contributed by atoms with Crippen LogP contribution >= 0.6 is 0 Å². The lowest BCUT2D eigenvalue weighted by molar-refractivity contribution is -0.137. The summed E-state index contributed by atoms with van der Waals surface area (Å²) < 4.78 is 26.5. The summed E-state index contributed by atoms with van der Waals surface area (Å²) in [5, 5.41) is 8.93. The van der Waals surface area contributed by atoms with Gasteiger partial charge in [0, 0.05) is 18.2 Å². The number of nitrogens with one attached hydrogen (secondary N) is 1. The Hall–Kier alpha value is -2.19. The van der Waals surface area contributed by atoms with Crippen LogP contribution in [-0.2, 0) is 14.8 Å². The lowest BCUT2D eigenvalue weighted by Crippen LogP contribution is -2.37. The maximum Gasteiger partial charge on any atom is 0.323 e. The Labute approximate surface area is 134 Å². The van der Waals surface area contributed by atoms with E-state index >= 15 is 0 Å². The summed E-state index contributed by atoms with van der Waals surface area (Å²) in [5.74, 6) is -1.57. The Morgan fingerprint density at radius 1 is 1.39 bits per heavy atom. The first-order valence-corrected chi connectivity index (χ1v) is 8.57. The van der Waals surface area contributed by atoms with Crippen molar-refractivity contribution < 1.29 is 23.1 Å². The number of carboxylic acid groups (broad SMARTS) is 1. The standard InChI is InChI=1S/C15H18N2O5S/c1-2-8-16-23(21,22)13-5-3-4-11(9-13)15(20)17(10-14(18)19)12-6-7-12/h2-5,9,12,16H,1,6-8,10H2,(H,18,19). The van der Waals surface area contributed by atoms with Crippen LogP contribution in [0.4, 0.5) is 0 Å². The predicted molar refractivity (Wildman–Crippen MR) is 83.5 cm³/mol. The zero-order valence-electron chi connectivity index (χ0n) is 12.4. The Bertz CT molecular complexity index is 725. The van der Waals surface area contributed by atoms with Crippen molar-refractivity contribution in [3.05, 3.63) is 42.5 Å². The van der Waals surface area contributed by atoms with Crippen LogP contribution in [0.25, 0.3) is 0 Å². The summed E-state index contributed by atoms with van der Waals surface area (Å²) in [6.45, 7) is 3.12. The normalized spacial score (nSPS) is 14.3. The van der Waals surface area contributed by atoms with E-state index in [2.05, 4.69) is 11.3 Å². The molecule has 1 aromatic carbocycles. The molecule has 0 atom stereocenters. The minimum Gasteiger partial charge on any atom is -0.480 e. The lowest BCUT2D eigenvalue weighted by Gasteiger charge is -2.20. The van der Waals surface area contributed by atoms with Gasteiger partial charge in [-0.15, -0.1) is 6.58 Å². The third-order valence-electron chi connectivity index (χ3n) is 3.36. The number of hydrogen-bond donors (Lipinski definition) is 2. The van der Waals surface area contributed by atoms with Crippen molar-refractivity contribution in [3.63, 3.8) is 0 Å². The van der Waals surface area contributed by atoms with Crippen molar-refractivity contribution in [2.24, 2.45) is 0 Å². The Morgan fingerprint density at radius 3 is 2.65 bits per heavy atom. The van der Waals surface area contributed by atoms with Crippen molar-refractivity contribution in [2.45, 2.75) is 23.8 Å². The number of rotatable bonds is 8. The monoisotopic (exact) mass is 338 g/mol. The molecule has 1 fully saturated rings. The van der Waals surface area contributed by atoms with Gasteiger partial charge in [-0.2, -0.15) is 0 Å². The van der Waals surface area contributed by atoms with Crippen LogP contribution in [0.15, 0.2) is 41.8 Å². The summed E-state index contributed by atoms with van der Waals surface area (Å²) in [6.07, 6.45) is 2.93. The van der Waals surface area contributed by atoms with Crippen molar-refractivity contribution in [2.75, 3.05) is 13.1 Å². The van der Waals surface area contributed by atoms with Crippen molar-refractivity contribution in [1.82, 2.24) is 9.62 Å². The molecule has 1 aromatic rings. The highest BCUT2D eigenvalue weighted by Crippen LogP contribution is 2.28. The van der Waals surface area contributed by atoms with Crippen LogP contribution in [0.1, 0.15) is 23.2 Å². The van der Waals surface area contributed by atoms with Gasteiger partial charge in [0.25, 0.3) is 5.91 Å². The molecule has 8 heteroatoms. The average Bonchev–Trinajstić information content (AvgIpc) is 3.34. The Morgan fingerprint density at radius 2 is 2.09 bits per heavy atom. The van der Waals surface area contributed by atoms with Gasteiger partial charge in [0.05, 0.1) is 4.90 Å². The minimum absolute atomic E-state index is 0.0451. The lowest BCUT2D eigenvalue weighted by atomic mass is 10.2. The molecule has 2 N–H and O–H groups in total. The van der Waals surface area contributed by atoms with E-state index in [0.29, 0.717) is 0 Å². The van der Waals surface area contributed by atoms with Gasteiger partial charge in [0.2, 0.25) is 10.0 Å². The molecule has 0 bridgehead atoms. The maximum atomic E-state index is 12.5. The van der Waals surface area contributed by atoms with Crippen LogP contribution in [0.2, 0.25) is 0 Å². The third-order valence-corrected chi connectivity index (χ3v) is 4.78. The third kappa shape index (κ3) is 4.40. The average molecular weight is 338 g/mol. The molecule has 1 aliphatic rings. The molecule has 0 aliphatic heterocycles. The number of carbonyl (C=O) groups is 2. The van der Waals surface area contributed by atoms with Crippen LogP contribution in [0.5, 0.6) is 0 Å². The van der Waals surface area contributed by atoms with Gasteiger partial charge in [-0.3, -0.25) is 9.59 Å². The molecule has 124 valence electrons. The van der Waals surface area contributed by atoms with Crippen molar-refractivity contribution >= 4 is 21.9 Å². The second kappa shape index (κ2) is 6.93. The summed E-state index contributed by atoms with van der Waals surface area (Å²) in [6, 6.07) is 5.48. The number of amides is 1. The number of aliphatic carboxylic acids is 1.